The Bertz CT molecular complexity index is 855. The Balaban J connectivity index is 1.49. The van der Waals surface area contributed by atoms with Crippen LogP contribution in [0.15, 0.2) is 18.2 Å². The lowest BCUT2D eigenvalue weighted by molar-refractivity contribution is -0.154. The summed E-state index contributed by atoms with van der Waals surface area (Å²) in [5.74, 6) is -2.76. The number of ether oxygens (including phenoxy) is 1. The van der Waals surface area contributed by atoms with Gasteiger partial charge in [-0.25, -0.2) is 0 Å². The third-order valence-corrected chi connectivity index (χ3v) is 5.27. The second-order valence-electron chi connectivity index (χ2n) is 6.78. The molecule has 0 bridgehead atoms. The first-order chi connectivity index (χ1) is 13.4. The van der Waals surface area contributed by atoms with E-state index < -0.39 is 25.0 Å². The fourth-order valence-corrected chi connectivity index (χ4v) is 3.81. The summed E-state index contributed by atoms with van der Waals surface area (Å²) in [7, 11) is 0. The maximum absolute atomic E-state index is 12.3. The van der Waals surface area contributed by atoms with Crippen molar-refractivity contribution >= 4 is 41.0 Å². The van der Waals surface area contributed by atoms with Gasteiger partial charge in [0.05, 0.1) is 22.4 Å². The molecule has 0 aromatic heterocycles. The zero-order valence-electron chi connectivity index (χ0n) is 14.9. The number of rotatable bonds is 5. The van der Waals surface area contributed by atoms with Gasteiger partial charge in [0.1, 0.15) is 12.6 Å². The molecule has 1 heterocycles. The van der Waals surface area contributed by atoms with E-state index in [1.165, 1.54) is 18.2 Å². The van der Waals surface area contributed by atoms with Crippen molar-refractivity contribution in [3.8, 4) is 6.07 Å². The Hall–Kier alpha value is -2.92. The topological polar surface area (TPSA) is 117 Å². The molecule has 0 spiro atoms. The number of imide groups is 1. The number of esters is 1. The van der Waals surface area contributed by atoms with Gasteiger partial charge in [0.15, 0.2) is 6.61 Å². The summed E-state index contributed by atoms with van der Waals surface area (Å²) in [6.45, 7) is -1.06. The van der Waals surface area contributed by atoms with E-state index in [1.54, 1.807) is 0 Å². The summed E-state index contributed by atoms with van der Waals surface area (Å²) in [5, 5.41) is 11.5. The van der Waals surface area contributed by atoms with E-state index in [2.05, 4.69) is 5.32 Å². The monoisotopic (exact) mass is 403 g/mol. The van der Waals surface area contributed by atoms with E-state index in [9.17, 15) is 19.2 Å². The van der Waals surface area contributed by atoms with Crippen molar-refractivity contribution in [2.45, 2.75) is 25.7 Å². The highest BCUT2D eigenvalue weighted by Crippen LogP contribution is 2.37. The van der Waals surface area contributed by atoms with Gasteiger partial charge in [-0.2, -0.15) is 5.26 Å². The van der Waals surface area contributed by atoms with Crippen LogP contribution in [-0.2, 0) is 23.9 Å². The van der Waals surface area contributed by atoms with Crippen LogP contribution in [0.25, 0.3) is 0 Å². The quantitative estimate of drug-likeness (QED) is 0.592. The maximum atomic E-state index is 12.3. The number of carbonyl (C=O) groups excluding carboxylic acids is 4. The predicted octanol–water partition coefficient (Wildman–Crippen LogP) is 1.87. The van der Waals surface area contributed by atoms with Gasteiger partial charge in [0.25, 0.3) is 5.91 Å². The molecule has 2 atom stereocenters. The summed E-state index contributed by atoms with van der Waals surface area (Å²) < 4.78 is 4.88. The minimum absolute atomic E-state index is 0.185. The number of fused-ring (bicyclic) bond motifs is 1. The van der Waals surface area contributed by atoms with Crippen LogP contribution >= 0.6 is 11.6 Å². The number of benzene rings is 1. The molecular formula is C19H18ClN3O5. The number of hydrogen-bond donors (Lipinski definition) is 1. The molecule has 28 heavy (non-hydrogen) atoms. The molecule has 9 heteroatoms. The molecule has 1 aromatic carbocycles. The number of anilines is 1. The molecule has 1 aliphatic carbocycles. The van der Waals surface area contributed by atoms with Crippen molar-refractivity contribution in [1.82, 2.24) is 4.90 Å². The maximum Gasteiger partial charge on any atom is 0.326 e. The van der Waals surface area contributed by atoms with Crippen molar-refractivity contribution in [2.75, 3.05) is 18.5 Å². The number of likely N-dealkylation sites (tertiary alicyclic amines) is 1. The number of hydrogen-bond acceptors (Lipinski definition) is 6. The van der Waals surface area contributed by atoms with Crippen molar-refractivity contribution in [2.24, 2.45) is 11.8 Å². The van der Waals surface area contributed by atoms with Gasteiger partial charge in [-0.15, -0.1) is 0 Å². The zero-order valence-corrected chi connectivity index (χ0v) is 15.7. The molecule has 2 aliphatic rings. The van der Waals surface area contributed by atoms with Crippen molar-refractivity contribution < 1.29 is 23.9 Å². The Morgan fingerprint density at radius 2 is 1.86 bits per heavy atom. The van der Waals surface area contributed by atoms with Gasteiger partial charge >= 0.3 is 5.97 Å². The first kappa shape index (κ1) is 19.8. The van der Waals surface area contributed by atoms with E-state index in [1.807, 2.05) is 6.07 Å². The minimum Gasteiger partial charge on any atom is -0.454 e. The smallest absolute Gasteiger partial charge is 0.326 e. The van der Waals surface area contributed by atoms with Gasteiger partial charge in [-0.1, -0.05) is 24.4 Å². The molecule has 1 aromatic rings. The van der Waals surface area contributed by atoms with Crippen LogP contribution in [0.4, 0.5) is 5.69 Å². The molecule has 2 fully saturated rings. The SMILES string of the molecule is N#Cc1ccc(NC(=O)COC(=O)CN2C(=O)[C@H]3CCCC[C@H]3C2=O)cc1Cl. The predicted molar refractivity (Wildman–Crippen MR) is 97.9 cm³/mol. The van der Waals surface area contributed by atoms with E-state index in [0.29, 0.717) is 18.5 Å². The first-order valence-electron chi connectivity index (χ1n) is 8.91. The van der Waals surface area contributed by atoms with E-state index in [4.69, 9.17) is 21.6 Å². The highest BCUT2D eigenvalue weighted by Gasteiger charge is 2.48. The summed E-state index contributed by atoms with van der Waals surface area (Å²) in [4.78, 5) is 49.5. The minimum atomic E-state index is -0.826. The van der Waals surface area contributed by atoms with Crippen LogP contribution < -0.4 is 5.32 Å². The van der Waals surface area contributed by atoms with Gasteiger partial charge in [-0.3, -0.25) is 24.1 Å². The molecule has 0 unspecified atom stereocenters. The number of nitriles is 1. The summed E-state index contributed by atoms with van der Waals surface area (Å²) in [6.07, 6.45) is 3.13. The number of nitrogens with one attached hydrogen (secondary N) is 1. The lowest BCUT2D eigenvalue weighted by Gasteiger charge is -2.19. The number of halogens is 1. The Labute approximate surface area is 166 Å². The Kier molecular flexibility index (Phi) is 5.95. The summed E-state index contributed by atoms with van der Waals surface area (Å²) in [6, 6.07) is 6.25. The van der Waals surface area contributed by atoms with Gasteiger partial charge in [0.2, 0.25) is 11.8 Å². The highest BCUT2D eigenvalue weighted by atomic mass is 35.5. The van der Waals surface area contributed by atoms with E-state index in [0.717, 1.165) is 17.7 Å². The third-order valence-electron chi connectivity index (χ3n) is 4.96. The van der Waals surface area contributed by atoms with Crippen molar-refractivity contribution in [3.05, 3.63) is 28.8 Å². The molecule has 1 N–H and O–H groups in total. The van der Waals surface area contributed by atoms with Crippen LogP contribution in [0, 0.1) is 23.2 Å². The standard InChI is InChI=1S/C19H18ClN3O5/c20-15-7-12(6-5-11(15)8-21)22-16(24)10-28-17(25)9-23-18(26)13-3-1-2-4-14(13)19(23)27/h5-7,13-14H,1-4,9-10H2,(H,22,24)/t13-,14+. The molecule has 1 saturated heterocycles. The lowest BCUT2D eigenvalue weighted by Crippen LogP contribution is -2.37. The third kappa shape index (κ3) is 4.15. The zero-order chi connectivity index (χ0) is 20.3. The summed E-state index contributed by atoms with van der Waals surface area (Å²) in [5.41, 5.74) is 0.616. The first-order valence-corrected chi connectivity index (χ1v) is 9.29. The second kappa shape index (κ2) is 8.40. The average Bonchev–Trinajstić information content (AvgIpc) is 2.92. The summed E-state index contributed by atoms with van der Waals surface area (Å²) >= 11 is 5.89. The van der Waals surface area contributed by atoms with Crippen molar-refractivity contribution in [1.29, 1.82) is 5.26 Å². The second-order valence-corrected chi connectivity index (χ2v) is 7.18. The van der Waals surface area contributed by atoms with Crippen LogP contribution in [-0.4, -0.2) is 41.7 Å². The molecular weight excluding hydrogens is 386 g/mol. The molecule has 0 radical (unpaired) electrons. The fourth-order valence-electron chi connectivity index (χ4n) is 3.59. The van der Waals surface area contributed by atoms with E-state index >= 15 is 0 Å². The molecule has 146 valence electrons. The number of carbonyl (C=O) groups is 4. The van der Waals surface area contributed by atoms with Crippen LogP contribution in [0.1, 0.15) is 31.2 Å². The highest BCUT2D eigenvalue weighted by molar-refractivity contribution is 6.32. The lowest BCUT2D eigenvalue weighted by atomic mass is 9.81. The molecule has 1 aliphatic heterocycles. The van der Waals surface area contributed by atoms with Crippen LogP contribution in [0.2, 0.25) is 5.02 Å². The average molecular weight is 404 g/mol. The van der Waals surface area contributed by atoms with Gasteiger partial charge in [-0.05, 0) is 31.0 Å². The Morgan fingerprint density at radius 3 is 2.43 bits per heavy atom. The van der Waals surface area contributed by atoms with Crippen molar-refractivity contribution in [3.63, 3.8) is 0 Å². The normalized spacial score (nSPS) is 21.1. The molecule has 3 amide bonds. The van der Waals surface area contributed by atoms with Crippen LogP contribution in [0.5, 0.6) is 0 Å². The van der Waals surface area contributed by atoms with Gasteiger partial charge in [0, 0.05) is 5.69 Å². The largest absolute Gasteiger partial charge is 0.454 e. The van der Waals surface area contributed by atoms with E-state index in [-0.39, 0.29) is 34.2 Å². The van der Waals surface area contributed by atoms with Gasteiger partial charge < -0.3 is 10.1 Å². The fraction of sp³-hybridized carbons (Fsp3) is 0.421. The molecule has 3 rings (SSSR count). The molecule has 8 nitrogen and oxygen atoms in total. The molecule has 1 saturated carbocycles. The van der Waals surface area contributed by atoms with Crippen LogP contribution in [0.3, 0.4) is 0 Å². The number of nitrogens with zero attached hydrogens (tertiary/aromatic N) is 2. The Morgan fingerprint density at radius 1 is 1.21 bits per heavy atom. The number of amides is 3.